The van der Waals surface area contributed by atoms with Crippen LogP contribution in [0.25, 0.3) is 6.08 Å². The van der Waals surface area contributed by atoms with Crippen LogP contribution < -0.4 is 20.1 Å². The zero-order chi connectivity index (χ0) is 14.5. The van der Waals surface area contributed by atoms with Crippen LogP contribution in [-0.2, 0) is 4.79 Å². The van der Waals surface area contributed by atoms with Crippen LogP contribution in [-0.4, -0.2) is 37.4 Å². The van der Waals surface area contributed by atoms with Gasteiger partial charge in [0.05, 0.1) is 13.7 Å². The fourth-order valence-corrected chi connectivity index (χ4v) is 1.70. The van der Waals surface area contributed by atoms with Crippen molar-refractivity contribution in [2.24, 2.45) is 0 Å². The fraction of sp³-hybridized carbons (Fsp3) is 0.231. The third kappa shape index (κ3) is 3.07. The van der Waals surface area contributed by atoms with Gasteiger partial charge in [0.15, 0.2) is 11.5 Å². The van der Waals surface area contributed by atoms with Crippen molar-refractivity contribution in [3.8, 4) is 11.5 Å². The summed E-state index contributed by atoms with van der Waals surface area (Å²) in [7, 11) is 1.49. The van der Waals surface area contributed by atoms with E-state index in [0.717, 1.165) is 0 Å². The number of amides is 3. The number of rotatable bonds is 5. The van der Waals surface area contributed by atoms with Gasteiger partial charge in [-0.25, -0.2) is 4.79 Å². The van der Waals surface area contributed by atoms with E-state index in [1.165, 1.54) is 13.2 Å². The van der Waals surface area contributed by atoms with Crippen LogP contribution in [0.1, 0.15) is 5.56 Å². The minimum absolute atomic E-state index is 0.0961. The van der Waals surface area contributed by atoms with Crippen molar-refractivity contribution in [3.63, 3.8) is 0 Å². The molecule has 1 heterocycles. The number of hydrogen-bond donors (Lipinski definition) is 3. The predicted octanol–water partition coefficient (Wildman–Crippen LogP) is 0.247. The molecule has 20 heavy (non-hydrogen) atoms. The lowest BCUT2D eigenvalue weighted by Crippen LogP contribution is -2.22. The van der Waals surface area contributed by atoms with Crippen LogP contribution >= 0.6 is 0 Å². The number of aliphatic hydroxyl groups excluding tert-OH is 1. The lowest BCUT2D eigenvalue weighted by atomic mass is 10.1. The minimum atomic E-state index is -0.545. The SMILES string of the molecule is COc1cc(/C=C2\NC(=O)NC2=O)ccc1OCCO. The first kappa shape index (κ1) is 13.9. The quantitative estimate of drug-likeness (QED) is 0.530. The summed E-state index contributed by atoms with van der Waals surface area (Å²) in [5, 5.41) is 13.2. The van der Waals surface area contributed by atoms with E-state index in [9.17, 15) is 9.59 Å². The molecule has 3 N–H and O–H groups in total. The highest BCUT2D eigenvalue weighted by Crippen LogP contribution is 2.28. The molecule has 0 aliphatic carbocycles. The monoisotopic (exact) mass is 278 g/mol. The van der Waals surface area contributed by atoms with Crippen molar-refractivity contribution in [2.45, 2.75) is 0 Å². The molecule has 1 aliphatic rings. The second-order valence-corrected chi connectivity index (χ2v) is 3.95. The molecule has 0 bridgehead atoms. The van der Waals surface area contributed by atoms with E-state index in [4.69, 9.17) is 14.6 Å². The third-order valence-corrected chi connectivity index (χ3v) is 2.57. The Morgan fingerprint density at radius 1 is 1.25 bits per heavy atom. The first-order chi connectivity index (χ1) is 9.63. The third-order valence-electron chi connectivity index (χ3n) is 2.57. The molecule has 0 saturated carbocycles. The van der Waals surface area contributed by atoms with Crippen LogP contribution in [0.3, 0.4) is 0 Å². The molecule has 1 aromatic carbocycles. The average molecular weight is 278 g/mol. The largest absolute Gasteiger partial charge is 0.493 e. The van der Waals surface area contributed by atoms with Gasteiger partial charge in [-0.3, -0.25) is 10.1 Å². The van der Waals surface area contributed by atoms with Crippen LogP contribution in [0.5, 0.6) is 11.5 Å². The Bertz CT molecular complexity index is 568. The Morgan fingerprint density at radius 3 is 2.65 bits per heavy atom. The van der Waals surface area contributed by atoms with Crippen molar-refractivity contribution in [2.75, 3.05) is 20.3 Å². The Morgan fingerprint density at radius 2 is 2.05 bits per heavy atom. The van der Waals surface area contributed by atoms with E-state index in [0.29, 0.717) is 17.1 Å². The predicted molar refractivity (Wildman–Crippen MR) is 70.2 cm³/mol. The van der Waals surface area contributed by atoms with Crippen molar-refractivity contribution in [1.29, 1.82) is 0 Å². The number of aliphatic hydroxyl groups is 1. The summed E-state index contributed by atoms with van der Waals surface area (Å²) in [5.41, 5.74) is 0.839. The van der Waals surface area contributed by atoms with Gasteiger partial charge in [-0.1, -0.05) is 6.07 Å². The highest BCUT2D eigenvalue weighted by Gasteiger charge is 2.22. The summed E-state index contributed by atoms with van der Waals surface area (Å²) < 4.78 is 10.5. The lowest BCUT2D eigenvalue weighted by molar-refractivity contribution is -0.115. The molecule has 1 aliphatic heterocycles. The van der Waals surface area contributed by atoms with Gasteiger partial charge in [-0.15, -0.1) is 0 Å². The van der Waals surface area contributed by atoms with E-state index in [-0.39, 0.29) is 18.9 Å². The number of carbonyl (C=O) groups excluding carboxylic acids is 2. The van der Waals surface area contributed by atoms with Crippen molar-refractivity contribution in [3.05, 3.63) is 29.5 Å². The summed E-state index contributed by atoms with van der Waals surface area (Å²) in [6.07, 6.45) is 1.53. The second kappa shape index (κ2) is 6.07. The van der Waals surface area contributed by atoms with Crippen LogP contribution in [0, 0.1) is 0 Å². The molecule has 0 radical (unpaired) electrons. The van der Waals surface area contributed by atoms with Crippen molar-refractivity contribution >= 4 is 18.0 Å². The highest BCUT2D eigenvalue weighted by molar-refractivity contribution is 6.13. The molecule has 0 atom stereocenters. The van der Waals surface area contributed by atoms with Gasteiger partial charge in [-0.05, 0) is 23.8 Å². The first-order valence-electron chi connectivity index (χ1n) is 5.90. The van der Waals surface area contributed by atoms with Gasteiger partial charge in [0.25, 0.3) is 5.91 Å². The topological polar surface area (TPSA) is 96.9 Å². The highest BCUT2D eigenvalue weighted by atomic mass is 16.5. The fourth-order valence-electron chi connectivity index (χ4n) is 1.70. The zero-order valence-corrected chi connectivity index (χ0v) is 10.8. The Balaban J connectivity index is 2.23. The number of hydrogen-bond acceptors (Lipinski definition) is 5. The number of methoxy groups -OCH3 is 1. The zero-order valence-electron chi connectivity index (χ0n) is 10.8. The molecule has 1 saturated heterocycles. The minimum Gasteiger partial charge on any atom is -0.493 e. The molecule has 106 valence electrons. The summed E-state index contributed by atoms with van der Waals surface area (Å²) in [4.78, 5) is 22.4. The number of ether oxygens (including phenoxy) is 2. The summed E-state index contributed by atoms with van der Waals surface area (Å²) in [6.45, 7) is 0.0659. The van der Waals surface area contributed by atoms with Crippen LogP contribution in [0.4, 0.5) is 4.79 Å². The summed E-state index contributed by atoms with van der Waals surface area (Å²) in [6, 6.07) is 4.49. The number of imide groups is 1. The molecule has 3 amide bonds. The van der Waals surface area contributed by atoms with E-state index >= 15 is 0 Å². The molecule has 1 aromatic rings. The first-order valence-corrected chi connectivity index (χ1v) is 5.90. The molecule has 1 fully saturated rings. The van der Waals surface area contributed by atoms with E-state index in [2.05, 4.69) is 10.6 Å². The van der Waals surface area contributed by atoms with Gasteiger partial charge in [-0.2, -0.15) is 0 Å². The summed E-state index contributed by atoms with van der Waals surface area (Å²) >= 11 is 0. The van der Waals surface area contributed by atoms with E-state index < -0.39 is 11.9 Å². The number of benzene rings is 1. The molecule has 7 nitrogen and oxygen atoms in total. The molecule has 0 spiro atoms. The Hall–Kier alpha value is -2.54. The molecule has 0 unspecified atom stereocenters. The van der Waals surface area contributed by atoms with Gasteiger partial charge >= 0.3 is 6.03 Å². The molecular formula is C13H14N2O5. The Kier molecular flexibility index (Phi) is 4.21. The molecule has 0 aromatic heterocycles. The van der Waals surface area contributed by atoms with Gasteiger partial charge in [0, 0.05) is 0 Å². The smallest absolute Gasteiger partial charge is 0.326 e. The molecule has 2 rings (SSSR count). The number of carbonyl (C=O) groups is 2. The van der Waals surface area contributed by atoms with Gasteiger partial charge in [0.2, 0.25) is 0 Å². The van der Waals surface area contributed by atoms with Crippen LogP contribution in [0.2, 0.25) is 0 Å². The van der Waals surface area contributed by atoms with Gasteiger partial charge in [0.1, 0.15) is 12.3 Å². The Labute approximate surface area is 115 Å². The molecule has 7 heteroatoms. The number of urea groups is 1. The average Bonchev–Trinajstić information content (AvgIpc) is 2.75. The van der Waals surface area contributed by atoms with E-state index in [1.54, 1.807) is 18.2 Å². The van der Waals surface area contributed by atoms with Crippen LogP contribution in [0.15, 0.2) is 23.9 Å². The standard InChI is InChI=1S/C13H14N2O5/c1-19-11-7-8(2-3-10(11)20-5-4-16)6-9-12(17)15-13(18)14-9/h2-3,6-7,16H,4-5H2,1H3,(H2,14,15,17,18)/b9-6-. The maximum absolute atomic E-state index is 11.4. The maximum atomic E-state index is 11.4. The molecular weight excluding hydrogens is 264 g/mol. The second-order valence-electron chi connectivity index (χ2n) is 3.95. The van der Waals surface area contributed by atoms with Gasteiger partial charge < -0.3 is 19.9 Å². The van der Waals surface area contributed by atoms with E-state index in [1.807, 2.05) is 0 Å². The number of nitrogens with one attached hydrogen (secondary N) is 2. The lowest BCUT2D eigenvalue weighted by Gasteiger charge is -2.10. The normalized spacial score (nSPS) is 16.0. The van der Waals surface area contributed by atoms with Crippen molar-refractivity contribution in [1.82, 2.24) is 10.6 Å². The summed E-state index contributed by atoms with van der Waals surface area (Å²) in [5.74, 6) is 0.482. The van der Waals surface area contributed by atoms with Crippen molar-refractivity contribution < 1.29 is 24.2 Å². The maximum Gasteiger partial charge on any atom is 0.326 e.